The van der Waals surface area contributed by atoms with Crippen LogP contribution in [0, 0.1) is 0 Å². The fourth-order valence-corrected chi connectivity index (χ4v) is 2.07. The molecule has 5 heteroatoms. The van der Waals surface area contributed by atoms with Crippen molar-refractivity contribution in [1.29, 1.82) is 0 Å². The Balaban J connectivity index is 2.36. The molecule has 1 aliphatic heterocycles. The minimum absolute atomic E-state index is 0.0155. The van der Waals surface area contributed by atoms with Gasteiger partial charge in [-0.3, -0.25) is 19.7 Å². The average molecular weight is 260 g/mol. The summed E-state index contributed by atoms with van der Waals surface area (Å²) >= 11 is 0. The van der Waals surface area contributed by atoms with E-state index < -0.39 is 5.54 Å². The third-order valence-corrected chi connectivity index (χ3v) is 3.37. The molecule has 0 saturated carbocycles. The molecule has 0 aromatic heterocycles. The SMILES string of the molecule is CC(=O)c1ccc(N2CC(=O)NC(=O)C2(C)C)cc1. The van der Waals surface area contributed by atoms with Gasteiger partial charge in [-0.2, -0.15) is 0 Å². The van der Waals surface area contributed by atoms with Gasteiger partial charge in [0.15, 0.2) is 5.78 Å². The van der Waals surface area contributed by atoms with Gasteiger partial charge in [-0.05, 0) is 45.0 Å². The standard InChI is InChI=1S/C14H16N2O3/c1-9(17)10-4-6-11(7-5-10)16-8-12(18)15-13(19)14(16,2)3/h4-7H,8H2,1-3H3,(H,15,18,19). The van der Waals surface area contributed by atoms with Gasteiger partial charge >= 0.3 is 0 Å². The first-order chi connectivity index (χ1) is 8.82. The van der Waals surface area contributed by atoms with Crippen LogP contribution in [-0.4, -0.2) is 29.7 Å². The number of hydrogen-bond acceptors (Lipinski definition) is 4. The van der Waals surface area contributed by atoms with Crippen molar-refractivity contribution < 1.29 is 14.4 Å². The summed E-state index contributed by atoms with van der Waals surface area (Å²) in [6, 6.07) is 6.91. The Morgan fingerprint density at radius 1 is 1.21 bits per heavy atom. The topological polar surface area (TPSA) is 66.5 Å². The van der Waals surface area contributed by atoms with Crippen LogP contribution in [0.2, 0.25) is 0 Å². The molecule has 0 atom stereocenters. The van der Waals surface area contributed by atoms with E-state index >= 15 is 0 Å². The summed E-state index contributed by atoms with van der Waals surface area (Å²) in [7, 11) is 0. The van der Waals surface area contributed by atoms with Crippen LogP contribution in [-0.2, 0) is 9.59 Å². The van der Waals surface area contributed by atoms with E-state index in [1.807, 2.05) is 0 Å². The Morgan fingerprint density at radius 3 is 2.32 bits per heavy atom. The van der Waals surface area contributed by atoms with Crippen LogP contribution in [0.1, 0.15) is 31.1 Å². The molecule has 1 aliphatic rings. The second kappa shape index (κ2) is 4.50. The molecule has 1 aromatic rings. The molecule has 2 rings (SSSR count). The molecule has 0 aliphatic carbocycles. The van der Waals surface area contributed by atoms with E-state index in [-0.39, 0.29) is 24.1 Å². The smallest absolute Gasteiger partial charge is 0.251 e. The van der Waals surface area contributed by atoms with E-state index in [2.05, 4.69) is 5.32 Å². The normalized spacial score (nSPS) is 18.2. The van der Waals surface area contributed by atoms with Crippen LogP contribution in [0.25, 0.3) is 0 Å². The summed E-state index contributed by atoms with van der Waals surface area (Å²) in [5.74, 6) is -0.655. The van der Waals surface area contributed by atoms with Crippen LogP contribution in [0.5, 0.6) is 0 Å². The van der Waals surface area contributed by atoms with Gasteiger partial charge in [-0.1, -0.05) is 0 Å². The largest absolute Gasteiger partial charge is 0.348 e. The molecule has 1 N–H and O–H groups in total. The molecule has 1 heterocycles. The second-order valence-electron chi connectivity index (χ2n) is 5.13. The van der Waals surface area contributed by atoms with Crippen LogP contribution in [0.3, 0.4) is 0 Å². The van der Waals surface area contributed by atoms with Crippen LogP contribution < -0.4 is 10.2 Å². The van der Waals surface area contributed by atoms with Crippen molar-refractivity contribution in [3.63, 3.8) is 0 Å². The fourth-order valence-electron chi connectivity index (χ4n) is 2.07. The Labute approximate surface area is 111 Å². The molecule has 0 spiro atoms. The number of carbonyl (C=O) groups excluding carboxylic acids is 3. The Morgan fingerprint density at radius 2 is 1.79 bits per heavy atom. The van der Waals surface area contributed by atoms with Crippen molar-refractivity contribution in [2.24, 2.45) is 0 Å². The highest BCUT2D eigenvalue weighted by molar-refractivity contribution is 6.06. The van der Waals surface area contributed by atoms with Gasteiger partial charge in [-0.25, -0.2) is 0 Å². The number of rotatable bonds is 2. The predicted octanol–water partition coefficient (Wildman–Crippen LogP) is 1.13. The fraction of sp³-hybridized carbons (Fsp3) is 0.357. The van der Waals surface area contributed by atoms with Crippen molar-refractivity contribution in [3.8, 4) is 0 Å². The van der Waals surface area contributed by atoms with E-state index in [1.54, 1.807) is 43.0 Å². The lowest BCUT2D eigenvalue weighted by atomic mass is 9.97. The van der Waals surface area contributed by atoms with Crippen LogP contribution in [0.15, 0.2) is 24.3 Å². The molecule has 0 unspecified atom stereocenters. The molecule has 1 saturated heterocycles. The number of imide groups is 1. The number of amides is 2. The van der Waals surface area contributed by atoms with Gasteiger partial charge in [0.1, 0.15) is 5.54 Å². The van der Waals surface area contributed by atoms with Crippen LogP contribution >= 0.6 is 0 Å². The van der Waals surface area contributed by atoms with Crippen molar-refractivity contribution in [3.05, 3.63) is 29.8 Å². The summed E-state index contributed by atoms with van der Waals surface area (Å²) < 4.78 is 0. The molecular weight excluding hydrogens is 244 g/mol. The molecule has 1 fully saturated rings. The number of carbonyl (C=O) groups is 3. The first-order valence-corrected chi connectivity index (χ1v) is 6.05. The molecule has 5 nitrogen and oxygen atoms in total. The molecule has 19 heavy (non-hydrogen) atoms. The van der Waals surface area contributed by atoms with E-state index in [9.17, 15) is 14.4 Å². The lowest BCUT2D eigenvalue weighted by Crippen LogP contribution is -2.64. The summed E-state index contributed by atoms with van der Waals surface area (Å²) in [4.78, 5) is 36.3. The summed E-state index contributed by atoms with van der Waals surface area (Å²) in [5.41, 5.74) is 0.554. The van der Waals surface area contributed by atoms with E-state index in [0.29, 0.717) is 5.56 Å². The van der Waals surface area contributed by atoms with E-state index in [1.165, 1.54) is 6.92 Å². The van der Waals surface area contributed by atoms with Gasteiger partial charge in [-0.15, -0.1) is 0 Å². The highest BCUT2D eigenvalue weighted by atomic mass is 16.2. The first-order valence-electron chi connectivity index (χ1n) is 6.05. The van der Waals surface area contributed by atoms with E-state index in [4.69, 9.17) is 0 Å². The monoisotopic (exact) mass is 260 g/mol. The Bertz CT molecular complexity index is 546. The molecule has 1 aromatic carbocycles. The maximum Gasteiger partial charge on any atom is 0.251 e. The zero-order chi connectivity index (χ0) is 14.2. The third kappa shape index (κ3) is 2.36. The van der Waals surface area contributed by atoms with Crippen molar-refractivity contribution >= 4 is 23.3 Å². The highest BCUT2D eigenvalue weighted by Gasteiger charge is 2.40. The maximum atomic E-state index is 11.9. The molecule has 100 valence electrons. The number of hydrogen-bond donors (Lipinski definition) is 1. The predicted molar refractivity (Wildman–Crippen MR) is 71.0 cm³/mol. The number of Topliss-reactive ketones (excluding diaryl/α,β-unsaturated/α-hetero) is 1. The number of piperazine rings is 1. The van der Waals surface area contributed by atoms with Gasteiger partial charge in [0, 0.05) is 11.3 Å². The zero-order valence-electron chi connectivity index (χ0n) is 11.2. The summed E-state index contributed by atoms with van der Waals surface area (Å²) in [5, 5.41) is 2.33. The molecule has 2 amide bonds. The zero-order valence-corrected chi connectivity index (χ0v) is 11.2. The van der Waals surface area contributed by atoms with E-state index in [0.717, 1.165) is 5.69 Å². The number of benzene rings is 1. The maximum absolute atomic E-state index is 11.9. The Kier molecular flexibility index (Phi) is 3.14. The average Bonchev–Trinajstić information content (AvgIpc) is 2.34. The Hall–Kier alpha value is -2.17. The number of ketones is 1. The summed E-state index contributed by atoms with van der Waals surface area (Å²) in [6.07, 6.45) is 0. The molecule has 0 radical (unpaired) electrons. The highest BCUT2D eigenvalue weighted by Crippen LogP contribution is 2.26. The third-order valence-electron chi connectivity index (χ3n) is 3.37. The number of nitrogens with one attached hydrogen (secondary N) is 1. The van der Waals surface area contributed by atoms with Crippen molar-refractivity contribution in [1.82, 2.24) is 5.32 Å². The number of nitrogens with zero attached hydrogens (tertiary/aromatic N) is 1. The summed E-state index contributed by atoms with van der Waals surface area (Å²) in [6.45, 7) is 5.14. The lowest BCUT2D eigenvalue weighted by molar-refractivity contribution is -0.135. The van der Waals surface area contributed by atoms with Gasteiger partial charge in [0.2, 0.25) is 5.91 Å². The first kappa shape index (κ1) is 13.3. The van der Waals surface area contributed by atoms with Crippen molar-refractivity contribution in [2.45, 2.75) is 26.3 Å². The quantitative estimate of drug-likeness (QED) is 0.639. The molecule has 0 bridgehead atoms. The number of anilines is 1. The van der Waals surface area contributed by atoms with Crippen LogP contribution in [0.4, 0.5) is 5.69 Å². The minimum atomic E-state index is -0.800. The minimum Gasteiger partial charge on any atom is -0.348 e. The van der Waals surface area contributed by atoms with Gasteiger partial charge < -0.3 is 4.90 Å². The second-order valence-corrected chi connectivity index (χ2v) is 5.13. The molecular formula is C14H16N2O3. The van der Waals surface area contributed by atoms with Gasteiger partial charge in [0.05, 0.1) is 6.54 Å². The van der Waals surface area contributed by atoms with Gasteiger partial charge in [0.25, 0.3) is 5.91 Å². The lowest BCUT2D eigenvalue weighted by Gasteiger charge is -2.41. The van der Waals surface area contributed by atoms with Crippen molar-refractivity contribution in [2.75, 3.05) is 11.4 Å².